The standard InChI is InChI=1S/C29H37N3O5/c1-20(2)32(29(34)30-25-11-7-9-21(3)22(25)4)19-28(33)31(18-24-10-8-16-37-24)15-14-23-12-13-26(35-5)27(17-23)36-6/h7-13,16-17,20H,14-15,18-19H2,1-6H3,(H,30,34). The van der Waals surface area contributed by atoms with Gasteiger partial charge in [-0.1, -0.05) is 18.2 Å². The molecule has 8 nitrogen and oxygen atoms in total. The van der Waals surface area contributed by atoms with Crippen molar-refractivity contribution in [2.24, 2.45) is 0 Å². The summed E-state index contributed by atoms with van der Waals surface area (Å²) in [6.07, 6.45) is 2.19. The molecule has 0 atom stereocenters. The number of hydrogen-bond acceptors (Lipinski definition) is 5. The number of aryl methyl sites for hydroxylation is 1. The molecule has 3 aromatic rings. The van der Waals surface area contributed by atoms with Gasteiger partial charge in [0.2, 0.25) is 5.91 Å². The highest BCUT2D eigenvalue weighted by molar-refractivity contribution is 5.93. The van der Waals surface area contributed by atoms with Crippen molar-refractivity contribution in [3.05, 3.63) is 77.2 Å². The van der Waals surface area contributed by atoms with Crippen LogP contribution in [0.25, 0.3) is 0 Å². The van der Waals surface area contributed by atoms with E-state index in [1.165, 1.54) is 0 Å². The Bertz CT molecular complexity index is 1190. The Morgan fingerprint density at radius 2 is 1.76 bits per heavy atom. The first kappa shape index (κ1) is 27.6. The second-order valence-corrected chi connectivity index (χ2v) is 9.23. The van der Waals surface area contributed by atoms with Crippen LogP contribution in [0.5, 0.6) is 11.5 Å². The zero-order valence-corrected chi connectivity index (χ0v) is 22.5. The lowest BCUT2D eigenvalue weighted by Crippen LogP contribution is -2.47. The molecule has 0 radical (unpaired) electrons. The number of amides is 3. The fourth-order valence-electron chi connectivity index (χ4n) is 3.99. The van der Waals surface area contributed by atoms with Crippen LogP contribution < -0.4 is 14.8 Å². The largest absolute Gasteiger partial charge is 0.493 e. The van der Waals surface area contributed by atoms with Gasteiger partial charge in [0.1, 0.15) is 12.3 Å². The Labute approximate surface area is 219 Å². The topological polar surface area (TPSA) is 84.2 Å². The van der Waals surface area contributed by atoms with Crippen molar-refractivity contribution in [3.8, 4) is 11.5 Å². The van der Waals surface area contributed by atoms with E-state index in [0.29, 0.717) is 36.8 Å². The summed E-state index contributed by atoms with van der Waals surface area (Å²) < 4.78 is 16.3. The van der Waals surface area contributed by atoms with Crippen LogP contribution in [0.2, 0.25) is 0 Å². The van der Waals surface area contributed by atoms with Crippen LogP contribution >= 0.6 is 0 Å². The highest BCUT2D eigenvalue weighted by atomic mass is 16.5. The third kappa shape index (κ3) is 7.29. The van der Waals surface area contributed by atoms with Crippen molar-refractivity contribution in [1.82, 2.24) is 9.80 Å². The molecule has 0 unspecified atom stereocenters. The Morgan fingerprint density at radius 3 is 2.41 bits per heavy atom. The number of nitrogens with zero attached hydrogens (tertiary/aromatic N) is 2. The fourth-order valence-corrected chi connectivity index (χ4v) is 3.99. The van der Waals surface area contributed by atoms with E-state index >= 15 is 0 Å². The van der Waals surface area contributed by atoms with E-state index in [2.05, 4.69) is 5.32 Å². The van der Waals surface area contributed by atoms with Crippen molar-refractivity contribution in [3.63, 3.8) is 0 Å². The van der Waals surface area contributed by atoms with E-state index in [9.17, 15) is 9.59 Å². The van der Waals surface area contributed by atoms with Gasteiger partial charge in [-0.3, -0.25) is 4.79 Å². The quantitative estimate of drug-likeness (QED) is 0.374. The number of carbonyl (C=O) groups is 2. The number of rotatable bonds is 11. The molecule has 0 saturated heterocycles. The average molecular weight is 508 g/mol. The van der Waals surface area contributed by atoms with Crippen LogP contribution in [0, 0.1) is 13.8 Å². The summed E-state index contributed by atoms with van der Waals surface area (Å²) in [6.45, 7) is 8.46. The molecule has 198 valence electrons. The van der Waals surface area contributed by atoms with Crippen LogP contribution in [0.3, 0.4) is 0 Å². The summed E-state index contributed by atoms with van der Waals surface area (Å²) in [6, 6.07) is 14.6. The molecule has 0 aliphatic heterocycles. The molecule has 0 fully saturated rings. The molecule has 3 amide bonds. The predicted molar refractivity (Wildman–Crippen MR) is 144 cm³/mol. The molecule has 0 aliphatic carbocycles. The number of carbonyl (C=O) groups excluding carboxylic acids is 2. The third-order valence-corrected chi connectivity index (χ3v) is 6.43. The summed E-state index contributed by atoms with van der Waals surface area (Å²) in [5.74, 6) is 1.80. The lowest BCUT2D eigenvalue weighted by Gasteiger charge is -2.30. The smallest absolute Gasteiger partial charge is 0.322 e. The number of ether oxygens (including phenoxy) is 2. The van der Waals surface area contributed by atoms with Crippen LogP contribution in [0.15, 0.2) is 59.2 Å². The normalized spacial score (nSPS) is 10.8. The van der Waals surface area contributed by atoms with Gasteiger partial charge >= 0.3 is 6.03 Å². The molecular formula is C29H37N3O5. The van der Waals surface area contributed by atoms with Gasteiger partial charge in [-0.05, 0) is 81.1 Å². The second-order valence-electron chi connectivity index (χ2n) is 9.23. The van der Waals surface area contributed by atoms with Gasteiger partial charge in [-0.15, -0.1) is 0 Å². The van der Waals surface area contributed by atoms with E-state index in [1.54, 1.807) is 36.3 Å². The van der Waals surface area contributed by atoms with Crippen molar-refractivity contribution < 1.29 is 23.5 Å². The highest BCUT2D eigenvalue weighted by Crippen LogP contribution is 2.28. The fraction of sp³-hybridized carbons (Fsp3) is 0.379. The van der Waals surface area contributed by atoms with E-state index in [-0.39, 0.29) is 24.5 Å². The highest BCUT2D eigenvalue weighted by Gasteiger charge is 2.25. The first-order valence-electron chi connectivity index (χ1n) is 12.4. The lowest BCUT2D eigenvalue weighted by molar-refractivity contribution is -0.133. The number of furan rings is 1. The first-order chi connectivity index (χ1) is 17.7. The van der Waals surface area contributed by atoms with E-state index in [0.717, 1.165) is 22.4 Å². The average Bonchev–Trinajstić information content (AvgIpc) is 3.40. The molecule has 3 rings (SSSR count). The molecule has 1 heterocycles. The number of methoxy groups -OCH3 is 2. The maximum absolute atomic E-state index is 13.5. The SMILES string of the molecule is COc1ccc(CCN(Cc2ccco2)C(=O)CN(C(=O)Nc2cccc(C)c2C)C(C)C)cc1OC. The van der Waals surface area contributed by atoms with Gasteiger partial charge in [0.15, 0.2) is 11.5 Å². The second kappa shape index (κ2) is 12.9. The maximum Gasteiger partial charge on any atom is 0.322 e. The number of hydrogen-bond donors (Lipinski definition) is 1. The molecule has 1 N–H and O–H groups in total. The van der Waals surface area contributed by atoms with Crippen molar-refractivity contribution >= 4 is 17.6 Å². The van der Waals surface area contributed by atoms with E-state index < -0.39 is 0 Å². The summed E-state index contributed by atoms with van der Waals surface area (Å²) >= 11 is 0. The predicted octanol–water partition coefficient (Wildman–Crippen LogP) is 5.43. The van der Waals surface area contributed by atoms with Crippen molar-refractivity contribution in [1.29, 1.82) is 0 Å². The molecule has 1 aromatic heterocycles. The Morgan fingerprint density at radius 1 is 1.00 bits per heavy atom. The maximum atomic E-state index is 13.5. The summed E-state index contributed by atoms with van der Waals surface area (Å²) in [5.41, 5.74) is 3.83. The van der Waals surface area contributed by atoms with E-state index in [4.69, 9.17) is 13.9 Å². The minimum absolute atomic E-state index is 0.0546. The number of anilines is 1. The van der Waals surface area contributed by atoms with Gasteiger partial charge < -0.3 is 29.0 Å². The van der Waals surface area contributed by atoms with Crippen LogP contribution in [-0.2, 0) is 17.8 Å². The van der Waals surface area contributed by atoms with Crippen LogP contribution in [-0.4, -0.2) is 55.1 Å². The van der Waals surface area contributed by atoms with Gasteiger partial charge in [-0.2, -0.15) is 0 Å². The van der Waals surface area contributed by atoms with Gasteiger partial charge in [0, 0.05) is 18.3 Å². The number of urea groups is 1. The minimum atomic E-state index is -0.310. The van der Waals surface area contributed by atoms with Gasteiger partial charge in [0.05, 0.1) is 27.0 Å². The number of benzene rings is 2. The lowest BCUT2D eigenvalue weighted by atomic mass is 10.1. The summed E-state index contributed by atoms with van der Waals surface area (Å²) in [7, 11) is 3.19. The molecule has 2 aromatic carbocycles. The monoisotopic (exact) mass is 507 g/mol. The van der Waals surface area contributed by atoms with Gasteiger partial charge in [0.25, 0.3) is 0 Å². The zero-order valence-electron chi connectivity index (χ0n) is 22.5. The molecule has 37 heavy (non-hydrogen) atoms. The van der Waals surface area contributed by atoms with Crippen LogP contribution in [0.1, 0.15) is 36.3 Å². The summed E-state index contributed by atoms with van der Waals surface area (Å²) in [4.78, 5) is 30.0. The molecule has 0 bridgehead atoms. The first-order valence-corrected chi connectivity index (χ1v) is 12.4. The Hall–Kier alpha value is -3.94. The third-order valence-electron chi connectivity index (χ3n) is 6.43. The van der Waals surface area contributed by atoms with Crippen molar-refractivity contribution in [2.75, 3.05) is 32.6 Å². The summed E-state index contributed by atoms with van der Waals surface area (Å²) in [5, 5.41) is 2.98. The molecule has 8 heteroatoms. The Balaban J connectivity index is 1.75. The molecule has 0 aliphatic rings. The zero-order chi connectivity index (χ0) is 26.9. The molecule has 0 spiro atoms. The number of nitrogens with one attached hydrogen (secondary N) is 1. The van der Waals surface area contributed by atoms with Crippen molar-refractivity contribution in [2.45, 2.75) is 46.7 Å². The molecule has 0 saturated carbocycles. The molecular weight excluding hydrogens is 470 g/mol. The van der Waals surface area contributed by atoms with Crippen LogP contribution in [0.4, 0.5) is 10.5 Å². The Kier molecular flexibility index (Phi) is 9.60. The van der Waals surface area contributed by atoms with E-state index in [1.807, 2.05) is 70.2 Å². The van der Waals surface area contributed by atoms with Gasteiger partial charge in [-0.25, -0.2) is 4.79 Å². The minimum Gasteiger partial charge on any atom is -0.493 e.